The van der Waals surface area contributed by atoms with E-state index >= 15 is 0 Å². The lowest BCUT2D eigenvalue weighted by atomic mass is 10.0. The van der Waals surface area contributed by atoms with Crippen molar-refractivity contribution < 1.29 is 14.3 Å². The molecular weight excluding hydrogens is 394 g/mol. The first-order chi connectivity index (χ1) is 14.7. The maximum Gasteiger partial charge on any atom is 0.223 e. The monoisotopic (exact) mass is 425 g/mol. The zero-order valence-corrected chi connectivity index (χ0v) is 18.5. The molecule has 1 atom stereocenters. The van der Waals surface area contributed by atoms with Crippen molar-refractivity contribution in [2.24, 2.45) is 5.92 Å². The molecule has 0 bridgehead atoms. The third kappa shape index (κ3) is 5.12. The van der Waals surface area contributed by atoms with Crippen molar-refractivity contribution >= 4 is 17.7 Å². The van der Waals surface area contributed by atoms with Crippen LogP contribution in [0, 0.1) is 5.92 Å². The topological polar surface area (TPSA) is 38.8 Å². The van der Waals surface area contributed by atoms with Crippen LogP contribution >= 0.6 is 11.8 Å². The van der Waals surface area contributed by atoms with Crippen molar-refractivity contribution in [1.82, 2.24) is 4.90 Å². The molecule has 4 rings (SSSR count). The second kappa shape index (κ2) is 10.3. The van der Waals surface area contributed by atoms with E-state index in [0.717, 1.165) is 41.5 Å². The Morgan fingerprint density at radius 2 is 1.90 bits per heavy atom. The second-order valence-corrected chi connectivity index (χ2v) is 9.37. The molecule has 2 aromatic carbocycles. The van der Waals surface area contributed by atoms with Gasteiger partial charge in [0, 0.05) is 18.7 Å². The lowest BCUT2D eigenvalue weighted by Crippen LogP contribution is -2.30. The third-order valence-electron chi connectivity index (χ3n) is 6.16. The first-order valence-electron chi connectivity index (χ1n) is 11.0. The van der Waals surface area contributed by atoms with Gasteiger partial charge in [-0.25, -0.2) is 0 Å². The summed E-state index contributed by atoms with van der Waals surface area (Å²) in [5, 5.41) is 0.0677. The van der Waals surface area contributed by atoms with Crippen LogP contribution in [0.15, 0.2) is 48.5 Å². The van der Waals surface area contributed by atoms with E-state index in [4.69, 9.17) is 9.47 Å². The molecule has 1 saturated carbocycles. The summed E-state index contributed by atoms with van der Waals surface area (Å²) in [5.74, 6) is 3.47. The maximum absolute atomic E-state index is 12.9. The fourth-order valence-electron chi connectivity index (χ4n) is 4.46. The highest BCUT2D eigenvalue weighted by Gasteiger charge is 2.31. The maximum atomic E-state index is 12.9. The molecule has 1 heterocycles. The molecule has 1 aliphatic heterocycles. The molecule has 2 aliphatic rings. The van der Waals surface area contributed by atoms with Crippen molar-refractivity contribution in [1.29, 1.82) is 0 Å². The van der Waals surface area contributed by atoms with Gasteiger partial charge in [-0.2, -0.15) is 0 Å². The quantitative estimate of drug-likeness (QED) is 0.534. The molecular formula is C25H31NO3S. The van der Waals surface area contributed by atoms with E-state index in [1.807, 2.05) is 54.2 Å². The highest BCUT2D eigenvalue weighted by Crippen LogP contribution is 2.42. The van der Waals surface area contributed by atoms with E-state index in [-0.39, 0.29) is 5.37 Å². The third-order valence-corrected chi connectivity index (χ3v) is 7.42. The Morgan fingerprint density at radius 3 is 2.67 bits per heavy atom. The van der Waals surface area contributed by atoms with E-state index < -0.39 is 0 Å². The van der Waals surface area contributed by atoms with E-state index in [1.54, 1.807) is 7.11 Å². The van der Waals surface area contributed by atoms with E-state index in [9.17, 15) is 4.79 Å². The Balaban J connectivity index is 1.41. The van der Waals surface area contributed by atoms with Gasteiger partial charge in [0.25, 0.3) is 0 Å². The summed E-state index contributed by atoms with van der Waals surface area (Å²) < 4.78 is 11.6. The van der Waals surface area contributed by atoms with Gasteiger partial charge in [0.2, 0.25) is 5.91 Å². The smallest absolute Gasteiger partial charge is 0.223 e. The highest BCUT2D eigenvalue weighted by atomic mass is 32.2. The van der Waals surface area contributed by atoms with Gasteiger partial charge in [-0.15, -0.1) is 11.8 Å². The molecule has 0 spiro atoms. The molecule has 0 N–H and O–H groups in total. The number of amides is 1. The Kier molecular flexibility index (Phi) is 7.21. The van der Waals surface area contributed by atoms with Gasteiger partial charge in [-0.05, 0) is 35.6 Å². The Hall–Kier alpha value is -2.14. The summed E-state index contributed by atoms with van der Waals surface area (Å²) in [6.45, 7) is 1.33. The van der Waals surface area contributed by atoms with Crippen LogP contribution in [0.3, 0.4) is 0 Å². The average molecular weight is 426 g/mol. The average Bonchev–Trinajstić information content (AvgIpc) is 3.49. The first-order valence-corrected chi connectivity index (χ1v) is 12.0. The Morgan fingerprint density at radius 1 is 1.10 bits per heavy atom. The standard InChI is InChI=1S/C25H31NO3S/c1-28-23-17-21(12-13-22(23)29-18-20-9-3-2-4-10-20)25-26(15-16-30-25)24(27)14-11-19-7-5-6-8-19/h2-4,9-10,12-13,17,19,25H,5-8,11,14-16,18H2,1H3/t25-/m0/s1. The van der Waals surface area contributed by atoms with Crippen LogP contribution in [-0.2, 0) is 11.4 Å². The zero-order chi connectivity index (χ0) is 20.8. The predicted octanol–water partition coefficient (Wildman–Crippen LogP) is 5.82. The van der Waals surface area contributed by atoms with Gasteiger partial charge >= 0.3 is 0 Å². The van der Waals surface area contributed by atoms with Crippen LogP contribution in [0.4, 0.5) is 0 Å². The van der Waals surface area contributed by atoms with Crippen LogP contribution in [0.2, 0.25) is 0 Å². The van der Waals surface area contributed by atoms with Crippen LogP contribution in [0.1, 0.15) is 55.0 Å². The molecule has 160 valence electrons. The van der Waals surface area contributed by atoms with Crippen LogP contribution < -0.4 is 9.47 Å². The fraction of sp³-hybridized carbons (Fsp3) is 0.480. The normalized spacial score (nSPS) is 19.2. The van der Waals surface area contributed by atoms with Gasteiger partial charge in [0.05, 0.1) is 7.11 Å². The van der Waals surface area contributed by atoms with Gasteiger partial charge in [-0.1, -0.05) is 62.1 Å². The number of ether oxygens (including phenoxy) is 2. The summed E-state index contributed by atoms with van der Waals surface area (Å²) in [5.41, 5.74) is 2.23. The molecule has 2 aromatic rings. The number of carbonyl (C=O) groups excluding carboxylic acids is 1. The van der Waals surface area contributed by atoms with Crippen LogP contribution in [0.25, 0.3) is 0 Å². The van der Waals surface area contributed by atoms with Crippen molar-refractivity contribution in [3.05, 3.63) is 59.7 Å². The summed E-state index contributed by atoms with van der Waals surface area (Å²) in [4.78, 5) is 15.0. The molecule has 0 aromatic heterocycles. The predicted molar refractivity (Wildman–Crippen MR) is 122 cm³/mol. The van der Waals surface area contributed by atoms with Crippen molar-refractivity contribution in [2.45, 2.75) is 50.5 Å². The van der Waals surface area contributed by atoms with Gasteiger partial charge in [-0.3, -0.25) is 4.79 Å². The molecule has 1 aliphatic carbocycles. The second-order valence-electron chi connectivity index (χ2n) is 8.18. The van der Waals surface area contributed by atoms with Gasteiger partial charge < -0.3 is 14.4 Å². The van der Waals surface area contributed by atoms with E-state index in [2.05, 4.69) is 11.0 Å². The first kappa shape index (κ1) is 21.1. The molecule has 1 amide bonds. The van der Waals surface area contributed by atoms with Crippen molar-refractivity contribution in [3.8, 4) is 11.5 Å². The van der Waals surface area contributed by atoms with Gasteiger partial charge in [0.1, 0.15) is 12.0 Å². The molecule has 2 fully saturated rings. The lowest BCUT2D eigenvalue weighted by molar-refractivity contribution is -0.131. The van der Waals surface area contributed by atoms with Crippen LogP contribution in [0.5, 0.6) is 11.5 Å². The number of thioether (sulfide) groups is 1. The Labute approximate surface area is 183 Å². The number of hydrogen-bond acceptors (Lipinski definition) is 4. The number of rotatable bonds is 8. The molecule has 0 radical (unpaired) electrons. The summed E-state index contributed by atoms with van der Waals surface area (Å²) in [6, 6.07) is 16.2. The van der Waals surface area contributed by atoms with E-state index in [1.165, 1.54) is 25.7 Å². The molecule has 30 heavy (non-hydrogen) atoms. The number of benzene rings is 2. The summed E-state index contributed by atoms with van der Waals surface area (Å²) in [7, 11) is 1.67. The summed E-state index contributed by atoms with van der Waals surface area (Å²) in [6.07, 6.45) is 6.98. The number of carbonyl (C=O) groups is 1. The lowest BCUT2D eigenvalue weighted by Gasteiger charge is -2.25. The number of methoxy groups -OCH3 is 1. The zero-order valence-electron chi connectivity index (χ0n) is 17.7. The largest absolute Gasteiger partial charge is 0.493 e. The Bertz CT molecular complexity index is 836. The van der Waals surface area contributed by atoms with Crippen molar-refractivity contribution in [3.63, 3.8) is 0 Å². The fourth-order valence-corrected chi connectivity index (χ4v) is 5.73. The highest BCUT2D eigenvalue weighted by molar-refractivity contribution is 7.99. The molecule has 0 unspecified atom stereocenters. The number of hydrogen-bond donors (Lipinski definition) is 0. The van der Waals surface area contributed by atoms with Crippen molar-refractivity contribution in [2.75, 3.05) is 19.4 Å². The molecule has 5 heteroatoms. The summed E-state index contributed by atoms with van der Waals surface area (Å²) >= 11 is 1.83. The minimum atomic E-state index is 0.0677. The minimum Gasteiger partial charge on any atom is -0.493 e. The molecule has 1 saturated heterocycles. The molecule has 4 nitrogen and oxygen atoms in total. The van der Waals surface area contributed by atoms with Gasteiger partial charge in [0.15, 0.2) is 11.5 Å². The van der Waals surface area contributed by atoms with Crippen LogP contribution in [-0.4, -0.2) is 30.2 Å². The minimum absolute atomic E-state index is 0.0677. The SMILES string of the molecule is COc1cc([C@@H]2SCCN2C(=O)CCC2CCCC2)ccc1OCc1ccccc1. The van der Waals surface area contributed by atoms with E-state index in [0.29, 0.717) is 24.7 Å². The number of nitrogens with zero attached hydrogens (tertiary/aromatic N) is 1.